The zero-order valence-corrected chi connectivity index (χ0v) is 9.40. The Morgan fingerprint density at radius 1 is 1.60 bits per heavy atom. The molecule has 1 N–H and O–H groups in total. The number of ether oxygens (including phenoxy) is 1. The first-order valence-corrected chi connectivity index (χ1v) is 5.21. The second-order valence-electron chi connectivity index (χ2n) is 4.09. The maximum Gasteiger partial charge on any atom is 0.308 e. The van der Waals surface area contributed by atoms with Crippen LogP contribution in [0.15, 0.2) is 12.7 Å². The highest BCUT2D eigenvalue weighted by atomic mass is 16.5. The minimum atomic E-state index is -0.788. The summed E-state index contributed by atoms with van der Waals surface area (Å²) in [6.07, 6.45) is 1.73. The molecule has 2 unspecified atom stereocenters. The lowest BCUT2D eigenvalue weighted by atomic mass is 9.85. The van der Waals surface area contributed by atoms with Crippen molar-refractivity contribution in [2.75, 3.05) is 26.3 Å². The van der Waals surface area contributed by atoms with Crippen LogP contribution in [0.4, 0.5) is 0 Å². The quantitative estimate of drug-likeness (QED) is 0.707. The number of aliphatic carboxylic acids is 1. The summed E-state index contributed by atoms with van der Waals surface area (Å²) in [6, 6.07) is 0. The third kappa shape index (κ3) is 2.38. The van der Waals surface area contributed by atoms with Crippen LogP contribution in [-0.2, 0) is 9.53 Å². The molecule has 2 atom stereocenters. The molecule has 1 aliphatic rings. The molecule has 1 saturated heterocycles. The summed E-state index contributed by atoms with van der Waals surface area (Å²) in [6.45, 7) is 10.3. The smallest absolute Gasteiger partial charge is 0.308 e. The van der Waals surface area contributed by atoms with E-state index in [2.05, 4.69) is 11.5 Å². The fourth-order valence-corrected chi connectivity index (χ4v) is 1.87. The Bertz CT molecular complexity index is 248. The predicted molar refractivity (Wildman–Crippen MR) is 57.8 cm³/mol. The molecule has 0 aromatic carbocycles. The fourth-order valence-electron chi connectivity index (χ4n) is 1.87. The normalized spacial score (nSPS) is 24.1. The van der Waals surface area contributed by atoms with Gasteiger partial charge in [-0.1, -0.05) is 6.08 Å². The van der Waals surface area contributed by atoms with Crippen LogP contribution in [0.3, 0.4) is 0 Å². The molecule has 4 heteroatoms. The third-order valence-corrected chi connectivity index (χ3v) is 3.35. The molecule has 0 aromatic heterocycles. The largest absolute Gasteiger partial charge is 0.481 e. The monoisotopic (exact) mass is 213 g/mol. The van der Waals surface area contributed by atoms with Crippen LogP contribution in [-0.4, -0.2) is 47.8 Å². The standard InChI is InChI=1S/C11H19NO3/c1-4-11(3,9(2)10(13)14)12-5-7-15-8-6-12/h4,9H,1,5-8H2,2-3H3,(H,13,14). The summed E-state index contributed by atoms with van der Waals surface area (Å²) < 4.78 is 5.26. The first-order valence-electron chi connectivity index (χ1n) is 5.21. The SMILES string of the molecule is C=CC(C)(C(C)C(=O)O)N1CCOCC1. The van der Waals surface area contributed by atoms with E-state index in [4.69, 9.17) is 9.84 Å². The lowest BCUT2D eigenvalue weighted by Crippen LogP contribution is -2.55. The molecule has 0 radical (unpaired) electrons. The van der Waals surface area contributed by atoms with E-state index < -0.39 is 17.4 Å². The van der Waals surface area contributed by atoms with E-state index in [1.807, 2.05) is 6.92 Å². The Morgan fingerprint density at radius 2 is 2.13 bits per heavy atom. The van der Waals surface area contributed by atoms with Gasteiger partial charge < -0.3 is 9.84 Å². The third-order valence-electron chi connectivity index (χ3n) is 3.35. The van der Waals surface area contributed by atoms with Gasteiger partial charge in [-0.25, -0.2) is 0 Å². The molecule has 1 heterocycles. The number of carbonyl (C=O) groups is 1. The number of hydrogen-bond donors (Lipinski definition) is 1. The predicted octanol–water partition coefficient (Wildman–Crippen LogP) is 0.984. The van der Waals surface area contributed by atoms with Crippen LogP contribution < -0.4 is 0 Å². The van der Waals surface area contributed by atoms with Crippen molar-refractivity contribution in [3.63, 3.8) is 0 Å². The molecule has 0 aromatic rings. The molecule has 1 rings (SSSR count). The molecule has 1 fully saturated rings. The van der Waals surface area contributed by atoms with Gasteiger partial charge in [-0.15, -0.1) is 6.58 Å². The maximum atomic E-state index is 11.0. The van der Waals surface area contributed by atoms with E-state index >= 15 is 0 Å². The van der Waals surface area contributed by atoms with Crippen molar-refractivity contribution in [3.8, 4) is 0 Å². The van der Waals surface area contributed by atoms with Gasteiger partial charge in [0.05, 0.1) is 19.1 Å². The molecular formula is C11H19NO3. The van der Waals surface area contributed by atoms with Crippen LogP contribution in [0.25, 0.3) is 0 Å². The Hall–Kier alpha value is -0.870. The summed E-state index contributed by atoms with van der Waals surface area (Å²) in [5.41, 5.74) is -0.490. The van der Waals surface area contributed by atoms with Crippen molar-refractivity contribution in [1.29, 1.82) is 0 Å². The van der Waals surface area contributed by atoms with Crippen LogP contribution in [0.5, 0.6) is 0 Å². The summed E-state index contributed by atoms with van der Waals surface area (Å²) in [4.78, 5) is 13.2. The minimum Gasteiger partial charge on any atom is -0.481 e. The van der Waals surface area contributed by atoms with Crippen LogP contribution >= 0.6 is 0 Å². The van der Waals surface area contributed by atoms with E-state index in [1.165, 1.54) is 0 Å². The van der Waals surface area contributed by atoms with Gasteiger partial charge in [-0.2, -0.15) is 0 Å². The first-order chi connectivity index (χ1) is 7.02. The lowest BCUT2D eigenvalue weighted by molar-refractivity contribution is -0.146. The molecule has 0 amide bonds. The Kier molecular flexibility index (Phi) is 3.88. The number of hydrogen-bond acceptors (Lipinski definition) is 3. The van der Waals surface area contributed by atoms with Crippen molar-refractivity contribution in [2.24, 2.45) is 5.92 Å². The molecule has 0 spiro atoms. The molecule has 15 heavy (non-hydrogen) atoms. The number of carboxylic acid groups (broad SMARTS) is 1. The average molecular weight is 213 g/mol. The summed E-state index contributed by atoms with van der Waals surface area (Å²) in [5, 5.41) is 9.07. The van der Waals surface area contributed by atoms with Gasteiger partial charge in [0.1, 0.15) is 0 Å². The molecule has 1 aliphatic heterocycles. The van der Waals surface area contributed by atoms with E-state index in [9.17, 15) is 4.79 Å². The highest BCUT2D eigenvalue weighted by molar-refractivity contribution is 5.71. The highest BCUT2D eigenvalue weighted by Crippen LogP contribution is 2.27. The second-order valence-corrected chi connectivity index (χ2v) is 4.09. The van der Waals surface area contributed by atoms with Crippen LogP contribution in [0.2, 0.25) is 0 Å². The topological polar surface area (TPSA) is 49.8 Å². The maximum absolute atomic E-state index is 11.0. The zero-order valence-electron chi connectivity index (χ0n) is 9.40. The van der Waals surface area contributed by atoms with Gasteiger partial charge in [0.25, 0.3) is 0 Å². The number of rotatable bonds is 4. The fraction of sp³-hybridized carbons (Fsp3) is 0.727. The Morgan fingerprint density at radius 3 is 2.53 bits per heavy atom. The number of nitrogens with zero attached hydrogens (tertiary/aromatic N) is 1. The van der Waals surface area contributed by atoms with Crippen molar-refractivity contribution in [2.45, 2.75) is 19.4 Å². The average Bonchev–Trinajstić information content (AvgIpc) is 2.28. The van der Waals surface area contributed by atoms with Gasteiger partial charge in [0.2, 0.25) is 0 Å². The Balaban J connectivity index is 2.81. The molecule has 0 saturated carbocycles. The van der Waals surface area contributed by atoms with Crippen LogP contribution in [0, 0.1) is 5.92 Å². The van der Waals surface area contributed by atoms with Gasteiger partial charge in [0, 0.05) is 18.6 Å². The van der Waals surface area contributed by atoms with Gasteiger partial charge in [-0.05, 0) is 13.8 Å². The molecular weight excluding hydrogens is 194 g/mol. The van der Waals surface area contributed by atoms with E-state index in [1.54, 1.807) is 13.0 Å². The number of morpholine rings is 1. The van der Waals surface area contributed by atoms with E-state index in [0.29, 0.717) is 13.2 Å². The van der Waals surface area contributed by atoms with Crippen molar-refractivity contribution >= 4 is 5.97 Å². The van der Waals surface area contributed by atoms with Crippen molar-refractivity contribution < 1.29 is 14.6 Å². The highest BCUT2D eigenvalue weighted by Gasteiger charge is 2.39. The van der Waals surface area contributed by atoms with E-state index in [0.717, 1.165) is 13.1 Å². The minimum absolute atomic E-state index is 0.465. The first kappa shape index (κ1) is 12.2. The molecule has 86 valence electrons. The summed E-state index contributed by atoms with van der Waals surface area (Å²) in [5.74, 6) is -1.25. The van der Waals surface area contributed by atoms with Gasteiger partial charge >= 0.3 is 5.97 Å². The van der Waals surface area contributed by atoms with Crippen LogP contribution in [0.1, 0.15) is 13.8 Å². The second kappa shape index (κ2) is 4.77. The molecule has 0 aliphatic carbocycles. The van der Waals surface area contributed by atoms with E-state index in [-0.39, 0.29) is 0 Å². The molecule has 0 bridgehead atoms. The summed E-state index contributed by atoms with van der Waals surface area (Å²) in [7, 11) is 0. The van der Waals surface area contributed by atoms with Gasteiger partial charge in [0.15, 0.2) is 0 Å². The number of carboxylic acids is 1. The zero-order chi connectivity index (χ0) is 11.5. The van der Waals surface area contributed by atoms with Crippen molar-refractivity contribution in [1.82, 2.24) is 4.90 Å². The molecule has 4 nitrogen and oxygen atoms in total. The lowest BCUT2D eigenvalue weighted by Gasteiger charge is -2.43. The van der Waals surface area contributed by atoms with Crippen molar-refractivity contribution in [3.05, 3.63) is 12.7 Å². The summed E-state index contributed by atoms with van der Waals surface area (Å²) >= 11 is 0. The Labute approximate surface area is 90.5 Å². The van der Waals surface area contributed by atoms with Gasteiger partial charge in [-0.3, -0.25) is 9.69 Å².